The monoisotopic (exact) mass is 306 g/mol. The number of rotatable bonds is 4. The minimum atomic E-state index is -0.602. The van der Waals surface area contributed by atoms with Crippen molar-refractivity contribution in [2.75, 3.05) is 13.7 Å². The molecule has 0 amide bonds. The summed E-state index contributed by atoms with van der Waals surface area (Å²) in [5, 5.41) is 19.3. The molecule has 0 atom stereocenters. The number of aromatic hydroxyl groups is 1. The van der Waals surface area contributed by atoms with E-state index in [0.29, 0.717) is 11.2 Å². The van der Waals surface area contributed by atoms with E-state index in [1.54, 1.807) is 24.3 Å². The van der Waals surface area contributed by atoms with Crippen molar-refractivity contribution in [1.29, 1.82) is 0 Å². The van der Waals surface area contributed by atoms with Crippen LogP contribution in [0.4, 0.5) is 0 Å². The van der Waals surface area contributed by atoms with Gasteiger partial charge in [-0.15, -0.1) is 0 Å². The summed E-state index contributed by atoms with van der Waals surface area (Å²) in [6.07, 6.45) is 1.78. The van der Waals surface area contributed by atoms with Gasteiger partial charge in [-0.3, -0.25) is 0 Å². The summed E-state index contributed by atoms with van der Waals surface area (Å²) in [6.45, 7) is 7.67. The number of aliphatic hydroxyl groups is 1. The molecule has 120 valence electrons. The highest BCUT2D eigenvalue weighted by molar-refractivity contribution is 6.55. The van der Waals surface area contributed by atoms with E-state index in [1.165, 1.54) is 7.11 Å². The van der Waals surface area contributed by atoms with Gasteiger partial charge in [0.25, 0.3) is 0 Å². The first-order chi connectivity index (χ1) is 10.2. The average Bonchev–Trinajstić information content (AvgIpc) is 2.66. The van der Waals surface area contributed by atoms with E-state index in [0.717, 1.165) is 5.56 Å². The minimum Gasteiger partial charge on any atom is -0.504 e. The molecule has 0 radical (unpaired) electrons. The van der Waals surface area contributed by atoms with Gasteiger partial charge in [-0.05, 0) is 50.9 Å². The van der Waals surface area contributed by atoms with Crippen molar-refractivity contribution < 1.29 is 24.3 Å². The van der Waals surface area contributed by atoms with Crippen molar-refractivity contribution in [2.24, 2.45) is 0 Å². The lowest BCUT2D eigenvalue weighted by Gasteiger charge is -2.32. The first-order valence-electron chi connectivity index (χ1n) is 7.24. The van der Waals surface area contributed by atoms with E-state index in [4.69, 9.17) is 14.0 Å². The van der Waals surface area contributed by atoms with Crippen molar-refractivity contribution in [1.82, 2.24) is 0 Å². The second kappa shape index (κ2) is 5.95. The molecule has 0 unspecified atom stereocenters. The zero-order valence-corrected chi connectivity index (χ0v) is 13.7. The van der Waals surface area contributed by atoms with Gasteiger partial charge in [0, 0.05) is 0 Å². The molecule has 1 saturated heterocycles. The quantitative estimate of drug-likeness (QED) is 0.836. The molecule has 22 heavy (non-hydrogen) atoms. The van der Waals surface area contributed by atoms with Crippen LogP contribution in [0.25, 0.3) is 6.08 Å². The summed E-state index contributed by atoms with van der Waals surface area (Å²) in [4.78, 5) is 0. The molecule has 0 bridgehead atoms. The number of aliphatic hydroxyl groups excluding tert-OH is 1. The molecule has 0 aromatic heterocycles. The zero-order chi connectivity index (χ0) is 16.5. The Hall–Kier alpha value is -1.50. The highest BCUT2D eigenvalue weighted by atomic mass is 16.7. The topological polar surface area (TPSA) is 68.2 Å². The summed E-state index contributed by atoms with van der Waals surface area (Å²) in [7, 11) is 0.888. The van der Waals surface area contributed by atoms with Crippen molar-refractivity contribution in [3.05, 3.63) is 29.2 Å². The predicted molar refractivity (Wildman–Crippen MR) is 85.8 cm³/mol. The number of phenolic OH excluding ortho intramolecular Hbond substituents is 1. The van der Waals surface area contributed by atoms with Gasteiger partial charge in [0.05, 0.1) is 24.9 Å². The van der Waals surface area contributed by atoms with Crippen molar-refractivity contribution >= 4 is 13.2 Å². The Kier molecular flexibility index (Phi) is 4.56. The van der Waals surface area contributed by atoms with Gasteiger partial charge in [0.2, 0.25) is 0 Å². The Labute approximate surface area is 131 Å². The normalized spacial score (nSPS) is 20.3. The molecule has 1 aliphatic rings. The molecule has 0 spiro atoms. The minimum absolute atomic E-state index is 0.0702. The van der Waals surface area contributed by atoms with Gasteiger partial charge < -0.3 is 24.3 Å². The SMILES string of the molecule is COc1cc(C=C(CO)B2OC(C)(C)C(C)(C)O2)ccc1O. The average molecular weight is 306 g/mol. The third-order valence-electron chi connectivity index (χ3n) is 4.29. The van der Waals surface area contributed by atoms with Crippen LogP contribution in [0.1, 0.15) is 33.3 Å². The van der Waals surface area contributed by atoms with Crippen LogP contribution in [-0.2, 0) is 9.31 Å². The fraction of sp³-hybridized carbons (Fsp3) is 0.500. The van der Waals surface area contributed by atoms with Gasteiger partial charge in [0.1, 0.15) is 0 Å². The van der Waals surface area contributed by atoms with Crippen LogP contribution in [0.2, 0.25) is 0 Å². The van der Waals surface area contributed by atoms with E-state index < -0.39 is 18.3 Å². The number of phenols is 1. The number of benzene rings is 1. The Morgan fingerprint density at radius 3 is 2.32 bits per heavy atom. The molecule has 1 heterocycles. The Morgan fingerprint density at radius 2 is 1.82 bits per heavy atom. The summed E-state index contributed by atoms with van der Waals surface area (Å²) in [6, 6.07) is 4.97. The molecule has 0 aliphatic carbocycles. The number of methoxy groups -OCH3 is 1. The van der Waals surface area contributed by atoms with Gasteiger partial charge in [-0.2, -0.15) is 0 Å². The third kappa shape index (κ3) is 3.14. The van der Waals surface area contributed by atoms with E-state index in [-0.39, 0.29) is 12.4 Å². The lowest BCUT2D eigenvalue weighted by Crippen LogP contribution is -2.41. The van der Waals surface area contributed by atoms with Gasteiger partial charge in [0.15, 0.2) is 11.5 Å². The molecule has 1 aromatic carbocycles. The Bertz CT molecular complexity index is 564. The fourth-order valence-corrected chi connectivity index (χ4v) is 2.18. The smallest absolute Gasteiger partial charge is 0.492 e. The number of hydrogen-bond acceptors (Lipinski definition) is 5. The van der Waals surface area contributed by atoms with Crippen LogP contribution in [0, 0.1) is 0 Å². The van der Waals surface area contributed by atoms with E-state index in [9.17, 15) is 10.2 Å². The van der Waals surface area contributed by atoms with Crippen molar-refractivity contribution in [3.63, 3.8) is 0 Å². The van der Waals surface area contributed by atoms with E-state index in [1.807, 2.05) is 27.7 Å². The predicted octanol–water partition coefficient (Wildman–Crippen LogP) is 2.41. The Balaban J connectivity index is 2.29. The second-order valence-corrected chi connectivity index (χ2v) is 6.40. The molecule has 2 rings (SSSR count). The van der Waals surface area contributed by atoms with Crippen LogP contribution in [0.3, 0.4) is 0 Å². The first-order valence-corrected chi connectivity index (χ1v) is 7.24. The maximum Gasteiger partial charge on any atom is 0.492 e. The molecular weight excluding hydrogens is 283 g/mol. The van der Waals surface area contributed by atoms with Crippen LogP contribution in [-0.4, -0.2) is 42.3 Å². The maximum atomic E-state index is 9.66. The highest BCUT2D eigenvalue weighted by Crippen LogP contribution is 2.39. The summed E-state index contributed by atoms with van der Waals surface area (Å²) in [5.74, 6) is 0.445. The molecule has 5 nitrogen and oxygen atoms in total. The lowest BCUT2D eigenvalue weighted by molar-refractivity contribution is 0.00578. The van der Waals surface area contributed by atoms with E-state index in [2.05, 4.69) is 0 Å². The van der Waals surface area contributed by atoms with Crippen LogP contribution in [0.5, 0.6) is 11.5 Å². The molecule has 1 aromatic rings. The van der Waals surface area contributed by atoms with E-state index >= 15 is 0 Å². The molecule has 6 heteroatoms. The number of hydrogen-bond donors (Lipinski definition) is 2. The van der Waals surface area contributed by atoms with Crippen molar-refractivity contribution in [3.8, 4) is 11.5 Å². The largest absolute Gasteiger partial charge is 0.504 e. The van der Waals surface area contributed by atoms with Crippen molar-refractivity contribution in [2.45, 2.75) is 38.9 Å². The lowest BCUT2D eigenvalue weighted by atomic mass is 9.77. The van der Waals surface area contributed by atoms with Crippen LogP contribution in [0.15, 0.2) is 23.7 Å². The number of ether oxygens (including phenoxy) is 1. The summed E-state index contributed by atoms with van der Waals surface area (Å²) >= 11 is 0. The van der Waals surface area contributed by atoms with Gasteiger partial charge >= 0.3 is 7.12 Å². The zero-order valence-electron chi connectivity index (χ0n) is 13.7. The Morgan fingerprint density at radius 1 is 1.23 bits per heavy atom. The highest BCUT2D eigenvalue weighted by Gasteiger charge is 2.52. The van der Waals surface area contributed by atoms with Gasteiger partial charge in [-0.1, -0.05) is 12.1 Å². The molecule has 1 aliphatic heterocycles. The maximum absolute atomic E-state index is 9.66. The third-order valence-corrected chi connectivity index (χ3v) is 4.29. The molecule has 1 fully saturated rings. The first kappa shape index (κ1) is 16.9. The van der Waals surface area contributed by atoms with Crippen LogP contribution < -0.4 is 4.74 Å². The van der Waals surface area contributed by atoms with Gasteiger partial charge in [-0.25, -0.2) is 0 Å². The summed E-state index contributed by atoms with van der Waals surface area (Å²) in [5.41, 5.74) is 0.483. The van der Waals surface area contributed by atoms with Crippen LogP contribution >= 0.6 is 0 Å². The molecule has 0 saturated carbocycles. The molecular formula is C16H23BO5. The summed E-state index contributed by atoms with van der Waals surface area (Å²) < 4.78 is 17.0. The fourth-order valence-electron chi connectivity index (χ4n) is 2.18. The molecule has 2 N–H and O–H groups in total. The second-order valence-electron chi connectivity index (χ2n) is 6.40. The standard InChI is InChI=1S/C16H23BO5/c1-15(2)16(3,4)22-17(21-15)12(10-18)8-11-6-7-13(19)14(9-11)20-5/h6-9,18-19H,10H2,1-5H3.